The number of esters is 1. The Balaban J connectivity index is 2.85. The van der Waals surface area contributed by atoms with Gasteiger partial charge in [0.15, 0.2) is 0 Å². The second-order valence-electron chi connectivity index (χ2n) is 2.84. The normalized spacial score (nSPS) is 9.40. The Morgan fingerprint density at radius 1 is 1.60 bits per heavy atom. The van der Waals surface area contributed by atoms with E-state index in [4.69, 9.17) is 15.2 Å². The van der Waals surface area contributed by atoms with Gasteiger partial charge in [0.25, 0.3) is 0 Å². The molecule has 2 N–H and O–H groups in total. The number of benzene rings is 1. The number of methoxy groups -OCH3 is 1. The molecular formula is C11H13NO3. The van der Waals surface area contributed by atoms with E-state index in [1.807, 2.05) is 0 Å². The number of hydrogen-bond donors (Lipinski definition) is 1. The van der Waals surface area contributed by atoms with E-state index in [2.05, 4.69) is 6.58 Å². The summed E-state index contributed by atoms with van der Waals surface area (Å²) in [6, 6.07) is 4.80. The Bertz CT molecular complexity index is 374. The van der Waals surface area contributed by atoms with Crippen LogP contribution in [0.15, 0.2) is 30.9 Å². The Morgan fingerprint density at radius 3 is 2.87 bits per heavy atom. The molecule has 0 aromatic heterocycles. The number of anilines is 1. The lowest BCUT2D eigenvalue weighted by molar-refractivity contribution is 0.0551. The summed E-state index contributed by atoms with van der Waals surface area (Å²) in [5.41, 5.74) is 6.33. The highest BCUT2D eigenvalue weighted by atomic mass is 16.5. The molecule has 1 aromatic carbocycles. The molecule has 1 aromatic rings. The lowest BCUT2D eigenvalue weighted by atomic mass is 10.2. The number of carbonyl (C=O) groups is 1. The first kappa shape index (κ1) is 11.1. The van der Waals surface area contributed by atoms with Crippen LogP contribution < -0.4 is 10.5 Å². The highest BCUT2D eigenvalue weighted by molar-refractivity contribution is 5.95. The average molecular weight is 207 g/mol. The van der Waals surface area contributed by atoms with E-state index in [9.17, 15) is 4.79 Å². The number of hydrogen-bond acceptors (Lipinski definition) is 4. The second kappa shape index (κ2) is 5.05. The molecule has 0 aliphatic heterocycles. The van der Waals surface area contributed by atoms with E-state index in [1.54, 1.807) is 18.2 Å². The first-order valence-corrected chi connectivity index (χ1v) is 4.40. The molecule has 80 valence electrons. The predicted molar refractivity (Wildman–Crippen MR) is 57.9 cm³/mol. The minimum atomic E-state index is -0.463. The van der Waals surface area contributed by atoms with Gasteiger partial charge in [0.1, 0.15) is 12.4 Å². The fourth-order valence-electron chi connectivity index (χ4n) is 1.07. The quantitative estimate of drug-likeness (QED) is 0.463. The molecule has 0 aliphatic carbocycles. The van der Waals surface area contributed by atoms with Crippen LogP contribution in [-0.4, -0.2) is 19.7 Å². The zero-order valence-electron chi connectivity index (χ0n) is 8.53. The molecule has 1 rings (SSSR count). The summed E-state index contributed by atoms with van der Waals surface area (Å²) in [5.74, 6) is 0.142. The van der Waals surface area contributed by atoms with Crippen LogP contribution in [0.3, 0.4) is 0 Å². The van der Waals surface area contributed by atoms with Crippen LogP contribution in [0.4, 0.5) is 5.69 Å². The van der Waals surface area contributed by atoms with Gasteiger partial charge in [0.2, 0.25) is 0 Å². The maximum absolute atomic E-state index is 11.4. The molecule has 0 fully saturated rings. The highest BCUT2D eigenvalue weighted by Crippen LogP contribution is 2.20. The molecule has 0 saturated heterocycles. The molecule has 0 saturated carbocycles. The minimum absolute atomic E-state index is 0.171. The maximum atomic E-state index is 11.4. The summed E-state index contributed by atoms with van der Waals surface area (Å²) >= 11 is 0. The van der Waals surface area contributed by atoms with Crippen molar-refractivity contribution < 1.29 is 14.3 Å². The Labute approximate surface area is 88.3 Å². The Morgan fingerprint density at radius 2 is 2.33 bits per heavy atom. The molecule has 4 nitrogen and oxygen atoms in total. The molecule has 0 bridgehead atoms. The van der Waals surface area contributed by atoms with Crippen molar-refractivity contribution in [1.29, 1.82) is 0 Å². The maximum Gasteiger partial charge on any atom is 0.340 e. The molecule has 0 heterocycles. The van der Waals surface area contributed by atoms with Crippen molar-refractivity contribution in [2.75, 3.05) is 19.5 Å². The van der Waals surface area contributed by atoms with E-state index in [-0.39, 0.29) is 6.61 Å². The van der Waals surface area contributed by atoms with Gasteiger partial charge in [-0.05, 0) is 12.1 Å². The van der Waals surface area contributed by atoms with Gasteiger partial charge in [0.05, 0.1) is 12.7 Å². The van der Waals surface area contributed by atoms with Gasteiger partial charge in [-0.2, -0.15) is 0 Å². The summed E-state index contributed by atoms with van der Waals surface area (Å²) in [4.78, 5) is 11.4. The van der Waals surface area contributed by atoms with Crippen molar-refractivity contribution in [3.63, 3.8) is 0 Å². The fraction of sp³-hybridized carbons (Fsp3) is 0.182. The van der Waals surface area contributed by atoms with Crippen molar-refractivity contribution in [2.45, 2.75) is 0 Å². The molecule has 0 atom stereocenters. The summed E-state index contributed by atoms with van der Waals surface area (Å²) in [5, 5.41) is 0. The second-order valence-corrected chi connectivity index (χ2v) is 2.84. The molecule has 0 radical (unpaired) electrons. The lowest BCUT2D eigenvalue weighted by Gasteiger charge is -2.06. The minimum Gasteiger partial charge on any atom is -0.497 e. The van der Waals surface area contributed by atoms with Gasteiger partial charge in [-0.15, -0.1) is 0 Å². The number of nitrogens with two attached hydrogens (primary N) is 1. The monoisotopic (exact) mass is 207 g/mol. The predicted octanol–water partition coefficient (Wildman–Crippen LogP) is 1.62. The van der Waals surface area contributed by atoms with E-state index in [1.165, 1.54) is 13.2 Å². The third-order valence-corrected chi connectivity index (χ3v) is 1.81. The van der Waals surface area contributed by atoms with Gasteiger partial charge in [-0.25, -0.2) is 4.79 Å². The van der Waals surface area contributed by atoms with Crippen molar-refractivity contribution in [3.05, 3.63) is 36.4 Å². The Hall–Kier alpha value is -1.97. The average Bonchev–Trinajstić information content (AvgIpc) is 2.25. The van der Waals surface area contributed by atoms with Crippen LogP contribution in [0.1, 0.15) is 10.4 Å². The van der Waals surface area contributed by atoms with Gasteiger partial charge >= 0.3 is 5.97 Å². The first-order chi connectivity index (χ1) is 7.19. The first-order valence-electron chi connectivity index (χ1n) is 4.40. The summed E-state index contributed by atoms with van der Waals surface area (Å²) in [7, 11) is 1.53. The molecule has 4 heteroatoms. The standard InChI is InChI=1S/C11H13NO3/c1-3-6-15-11(13)9-5-4-8(14-2)7-10(9)12/h3-5,7H,1,6,12H2,2H3. The number of carbonyl (C=O) groups excluding carboxylic acids is 1. The number of rotatable bonds is 4. The van der Waals surface area contributed by atoms with Crippen LogP contribution >= 0.6 is 0 Å². The van der Waals surface area contributed by atoms with Gasteiger partial charge in [0, 0.05) is 11.8 Å². The molecule has 15 heavy (non-hydrogen) atoms. The van der Waals surface area contributed by atoms with Crippen molar-refractivity contribution >= 4 is 11.7 Å². The van der Waals surface area contributed by atoms with Crippen LogP contribution in [0.2, 0.25) is 0 Å². The van der Waals surface area contributed by atoms with E-state index in [0.717, 1.165) is 0 Å². The van der Waals surface area contributed by atoms with Crippen LogP contribution in [0.25, 0.3) is 0 Å². The molecular weight excluding hydrogens is 194 g/mol. The van der Waals surface area contributed by atoms with E-state index in [0.29, 0.717) is 17.0 Å². The van der Waals surface area contributed by atoms with Gasteiger partial charge < -0.3 is 15.2 Å². The fourth-order valence-corrected chi connectivity index (χ4v) is 1.07. The Kier molecular flexibility index (Phi) is 3.74. The highest BCUT2D eigenvalue weighted by Gasteiger charge is 2.10. The molecule has 0 aliphatic rings. The van der Waals surface area contributed by atoms with Crippen LogP contribution in [0.5, 0.6) is 5.75 Å². The third-order valence-electron chi connectivity index (χ3n) is 1.81. The zero-order chi connectivity index (χ0) is 11.3. The number of nitrogen functional groups attached to an aromatic ring is 1. The topological polar surface area (TPSA) is 61.5 Å². The molecule has 0 unspecified atom stereocenters. The summed E-state index contributed by atoms with van der Waals surface area (Å²) in [6.45, 7) is 3.62. The smallest absolute Gasteiger partial charge is 0.340 e. The van der Waals surface area contributed by atoms with E-state index >= 15 is 0 Å². The SMILES string of the molecule is C=CCOC(=O)c1ccc(OC)cc1N. The van der Waals surface area contributed by atoms with Crippen molar-refractivity contribution in [2.24, 2.45) is 0 Å². The lowest BCUT2D eigenvalue weighted by Crippen LogP contribution is -2.08. The summed E-state index contributed by atoms with van der Waals surface area (Å²) < 4.78 is 9.82. The largest absolute Gasteiger partial charge is 0.497 e. The van der Waals surface area contributed by atoms with Crippen LogP contribution in [0, 0.1) is 0 Å². The number of ether oxygens (including phenoxy) is 2. The van der Waals surface area contributed by atoms with Crippen molar-refractivity contribution in [3.8, 4) is 5.75 Å². The zero-order valence-corrected chi connectivity index (χ0v) is 8.53. The third kappa shape index (κ3) is 2.74. The van der Waals surface area contributed by atoms with Crippen molar-refractivity contribution in [1.82, 2.24) is 0 Å². The van der Waals surface area contributed by atoms with Gasteiger partial charge in [-0.1, -0.05) is 12.7 Å². The van der Waals surface area contributed by atoms with Gasteiger partial charge in [-0.3, -0.25) is 0 Å². The van der Waals surface area contributed by atoms with E-state index < -0.39 is 5.97 Å². The van der Waals surface area contributed by atoms with Crippen LogP contribution in [-0.2, 0) is 4.74 Å². The molecule has 0 spiro atoms. The summed E-state index contributed by atoms with van der Waals surface area (Å²) in [6.07, 6.45) is 1.50. The molecule has 0 amide bonds.